The highest BCUT2D eigenvalue weighted by atomic mass is 16.5. The molecule has 4 rings (SSSR count). The van der Waals surface area contributed by atoms with E-state index in [0.717, 1.165) is 11.1 Å². The van der Waals surface area contributed by atoms with Gasteiger partial charge in [-0.05, 0) is 48.5 Å². The van der Waals surface area contributed by atoms with Crippen molar-refractivity contribution >= 4 is 35.7 Å². The average Bonchev–Trinajstić information content (AvgIpc) is 3.01. The number of ether oxygens (including phenoxy) is 5. The largest absolute Gasteiger partial charge is 0.497 e. The summed E-state index contributed by atoms with van der Waals surface area (Å²) in [4.78, 5) is 9.08. The number of methoxy groups -OCH3 is 5. The van der Waals surface area contributed by atoms with Crippen molar-refractivity contribution in [3.05, 3.63) is 77.9 Å². The zero-order valence-electron chi connectivity index (χ0n) is 23.3. The van der Waals surface area contributed by atoms with E-state index in [0.29, 0.717) is 46.1 Å². The highest BCUT2D eigenvalue weighted by Gasteiger charge is 2.09. The van der Waals surface area contributed by atoms with E-state index >= 15 is 0 Å². The van der Waals surface area contributed by atoms with E-state index in [1.165, 1.54) is 0 Å². The van der Waals surface area contributed by atoms with Crippen LogP contribution >= 0.6 is 0 Å². The first kappa shape index (κ1) is 28.5. The van der Waals surface area contributed by atoms with E-state index in [1.54, 1.807) is 66.2 Å². The SMILES string of the molecule is COc1ccc(OC)c(C=NNc2cc(NN=Cc3cc(OC)ccc3OC)nc(Nc3ccccc3OC)n2)c1. The summed E-state index contributed by atoms with van der Waals surface area (Å²) >= 11 is 0. The molecule has 0 unspecified atom stereocenters. The molecule has 0 saturated heterocycles. The van der Waals surface area contributed by atoms with E-state index < -0.39 is 0 Å². The molecule has 0 aliphatic rings. The van der Waals surface area contributed by atoms with Gasteiger partial charge in [-0.2, -0.15) is 20.2 Å². The van der Waals surface area contributed by atoms with Crippen LogP contribution in [0.15, 0.2) is 76.9 Å². The lowest BCUT2D eigenvalue weighted by atomic mass is 10.2. The Bertz CT molecular complexity index is 1440. The minimum absolute atomic E-state index is 0.283. The van der Waals surface area contributed by atoms with Crippen LogP contribution in [0.2, 0.25) is 0 Å². The summed E-state index contributed by atoms with van der Waals surface area (Å²) in [6.45, 7) is 0. The molecule has 0 spiro atoms. The van der Waals surface area contributed by atoms with Gasteiger partial charge in [0, 0.05) is 17.2 Å². The van der Waals surface area contributed by atoms with Gasteiger partial charge in [-0.3, -0.25) is 10.9 Å². The van der Waals surface area contributed by atoms with Crippen molar-refractivity contribution in [1.29, 1.82) is 0 Å². The summed E-state index contributed by atoms with van der Waals surface area (Å²) in [5.41, 5.74) is 8.01. The monoisotopic (exact) mass is 557 g/mol. The summed E-state index contributed by atoms with van der Waals surface area (Å²) < 4.78 is 26.9. The molecule has 0 aliphatic heterocycles. The van der Waals surface area contributed by atoms with Crippen LogP contribution < -0.4 is 39.9 Å². The number of hydrogen-bond donors (Lipinski definition) is 3. The summed E-state index contributed by atoms with van der Waals surface area (Å²) in [6.07, 6.45) is 3.22. The third-order valence-electron chi connectivity index (χ3n) is 5.72. The second-order valence-electron chi connectivity index (χ2n) is 8.24. The van der Waals surface area contributed by atoms with Crippen molar-refractivity contribution in [3.63, 3.8) is 0 Å². The molecule has 0 amide bonds. The zero-order valence-corrected chi connectivity index (χ0v) is 23.3. The van der Waals surface area contributed by atoms with Crippen LogP contribution in [0, 0.1) is 0 Å². The molecule has 0 fully saturated rings. The lowest BCUT2D eigenvalue weighted by Gasteiger charge is -2.12. The molecule has 3 N–H and O–H groups in total. The lowest BCUT2D eigenvalue weighted by Crippen LogP contribution is -2.05. The van der Waals surface area contributed by atoms with Gasteiger partial charge in [0.1, 0.15) is 28.7 Å². The number of aromatic nitrogens is 2. The molecule has 212 valence electrons. The Hall–Kier alpha value is -5.52. The predicted molar refractivity (Wildman–Crippen MR) is 160 cm³/mol. The summed E-state index contributed by atoms with van der Waals surface area (Å²) in [5, 5.41) is 11.9. The quantitative estimate of drug-likeness (QED) is 0.150. The topological polar surface area (TPSA) is 133 Å². The molecule has 41 heavy (non-hydrogen) atoms. The standard InChI is InChI=1S/C29H31N7O5/c1-37-21-10-12-24(39-3)19(14-21)17-30-35-27-16-28(34-29(33-27)32-23-8-6-7-9-26(23)41-5)36-31-18-20-15-22(38-2)11-13-25(20)40-4/h6-18H,1-5H3,(H3,32,33,34,35,36). The second kappa shape index (κ2) is 14.0. The number of benzene rings is 3. The highest BCUT2D eigenvalue weighted by Crippen LogP contribution is 2.27. The van der Waals surface area contributed by atoms with E-state index in [9.17, 15) is 0 Å². The number of rotatable bonds is 13. The lowest BCUT2D eigenvalue weighted by molar-refractivity contribution is 0.402. The van der Waals surface area contributed by atoms with Gasteiger partial charge < -0.3 is 29.0 Å². The summed E-state index contributed by atoms with van der Waals surface area (Å²) in [7, 11) is 7.97. The predicted octanol–water partition coefficient (Wildman–Crippen LogP) is 5.16. The van der Waals surface area contributed by atoms with Crippen molar-refractivity contribution in [3.8, 4) is 28.7 Å². The Labute approximate surface area is 238 Å². The maximum Gasteiger partial charge on any atom is 0.231 e. The zero-order chi connectivity index (χ0) is 29.0. The van der Waals surface area contributed by atoms with Crippen molar-refractivity contribution in [2.75, 3.05) is 51.7 Å². The minimum atomic E-state index is 0.283. The fourth-order valence-corrected chi connectivity index (χ4v) is 3.70. The molecular weight excluding hydrogens is 526 g/mol. The van der Waals surface area contributed by atoms with Gasteiger partial charge in [0.15, 0.2) is 11.6 Å². The Balaban J connectivity index is 1.61. The number of anilines is 4. The third kappa shape index (κ3) is 7.53. The average molecular weight is 558 g/mol. The Morgan fingerprint density at radius 1 is 0.585 bits per heavy atom. The van der Waals surface area contributed by atoms with Crippen molar-refractivity contribution < 1.29 is 23.7 Å². The van der Waals surface area contributed by atoms with Crippen LogP contribution in [0.1, 0.15) is 11.1 Å². The van der Waals surface area contributed by atoms with Crippen molar-refractivity contribution in [1.82, 2.24) is 9.97 Å². The molecule has 0 bridgehead atoms. The van der Waals surface area contributed by atoms with Crippen LogP contribution in [0.3, 0.4) is 0 Å². The van der Waals surface area contributed by atoms with Gasteiger partial charge in [-0.1, -0.05) is 12.1 Å². The minimum Gasteiger partial charge on any atom is -0.497 e. The molecule has 0 radical (unpaired) electrons. The van der Waals surface area contributed by atoms with Gasteiger partial charge in [0.05, 0.1) is 53.7 Å². The van der Waals surface area contributed by atoms with Crippen LogP contribution in [0.5, 0.6) is 28.7 Å². The van der Waals surface area contributed by atoms with Gasteiger partial charge in [-0.25, -0.2) is 0 Å². The third-order valence-corrected chi connectivity index (χ3v) is 5.72. The molecule has 1 aromatic heterocycles. The van der Waals surface area contributed by atoms with Gasteiger partial charge in [-0.15, -0.1) is 0 Å². The maximum atomic E-state index is 5.45. The van der Waals surface area contributed by atoms with Crippen LogP contribution in [-0.4, -0.2) is 57.9 Å². The van der Waals surface area contributed by atoms with Gasteiger partial charge in [0.2, 0.25) is 5.95 Å². The van der Waals surface area contributed by atoms with E-state index in [2.05, 4.69) is 36.3 Å². The first-order valence-electron chi connectivity index (χ1n) is 12.4. The van der Waals surface area contributed by atoms with E-state index in [-0.39, 0.29) is 5.95 Å². The van der Waals surface area contributed by atoms with Gasteiger partial charge >= 0.3 is 0 Å². The van der Waals surface area contributed by atoms with Crippen molar-refractivity contribution in [2.45, 2.75) is 0 Å². The Morgan fingerprint density at radius 2 is 1.10 bits per heavy atom. The molecule has 3 aromatic carbocycles. The number of hydrazone groups is 2. The normalized spacial score (nSPS) is 10.9. The molecule has 1 heterocycles. The first-order valence-corrected chi connectivity index (χ1v) is 12.4. The Kier molecular flexibility index (Phi) is 9.75. The van der Waals surface area contributed by atoms with E-state index in [1.807, 2.05) is 48.5 Å². The smallest absolute Gasteiger partial charge is 0.231 e. The fourth-order valence-electron chi connectivity index (χ4n) is 3.70. The number of para-hydroxylation sites is 2. The molecule has 4 aromatic rings. The fraction of sp³-hybridized carbons (Fsp3) is 0.172. The molecule has 12 heteroatoms. The highest BCUT2D eigenvalue weighted by molar-refractivity contribution is 5.85. The molecule has 12 nitrogen and oxygen atoms in total. The summed E-state index contributed by atoms with van der Waals surface area (Å²) in [6, 6.07) is 20.0. The Morgan fingerprint density at radius 3 is 1.59 bits per heavy atom. The van der Waals surface area contributed by atoms with Gasteiger partial charge in [0.25, 0.3) is 0 Å². The van der Waals surface area contributed by atoms with Crippen LogP contribution in [0.4, 0.5) is 23.3 Å². The number of nitrogens with zero attached hydrogens (tertiary/aromatic N) is 4. The van der Waals surface area contributed by atoms with Crippen molar-refractivity contribution in [2.24, 2.45) is 10.2 Å². The van der Waals surface area contributed by atoms with Crippen LogP contribution in [0.25, 0.3) is 0 Å². The molecule has 0 aliphatic carbocycles. The molecule has 0 saturated carbocycles. The molecule has 0 atom stereocenters. The van der Waals surface area contributed by atoms with Crippen LogP contribution in [-0.2, 0) is 0 Å². The first-order chi connectivity index (χ1) is 20.1. The second-order valence-corrected chi connectivity index (χ2v) is 8.24. The number of nitrogens with one attached hydrogen (secondary N) is 3. The maximum absolute atomic E-state index is 5.45. The number of hydrogen-bond acceptors (Lipinski definition) is 12. The molecular formula is C29H31N7O5. The van der Waals surface area contributed by atoms with E-state index in [4.69, 9.17) is 23.7 Å². The summed E-state index contributed by atoms with van der Waals surface area (Å²) in [5.74, 6) is 4.34.